The van der Waals surface area contributed by atoms with E-state index in [-0.39, 0.29) is 11.6 Å². The van der Waals surface area contributed by atoms with E-state index in [0.717, 1.165) is 6.42 Å². The van der Waals surface area contributed by atoms with Crippen LogP contribution >= 0.6 is 11.6 Å². The van der Waals surface area contributed by atoms with Gasteiger partial charge in [0, 0.05) is 18.1 Å². The summed E-state index contributed by atoms with van der Waals surface area (Å²) < 4.78 is 4.71. The summed E-state index contributed by atoms with van der Waals surface area (Å²) in [6.07, 6.45) is 1.90. The van der Waals surface area contributed by atoms with Crippen molar-refractivity contribution < 1.29 is 19.4 Å². The van der Waals surface area contributed by atoms with Crippen LogP contribution in [-0.2, 0) is 4.74 Å². The monoisotopic (exact) mass is 340 g/mol. The molecule has 1 unspecified atom stereocenters. The van der Waals surface area contributed by atoms with E-state index in [1.54, 1.807) is 24.0 Å². The predicted octanol–water partition coefficient (Wildman–Crippen LogP) is 2.90. The van der Waals surface area contributed by atoms with Crippen LogP contribution in [0.4, 0.5) is 10.5 Å². The number of hydrogen-bond acceptors (Lipinski definition) is 4. The van der Waals surface area contributed by atoms with Gasteiger partial charge in [0.05, 0.1) is 24.0 Å². The number of likely N-dealkylation sites (tertiary alicyclic amines) is 1. The molecule has 0 bridgehead atoms. The first kappa shape index (κ1) is 17.6. The van der Waals surface area contributed by atoms with Crippen LogP contribution in [0, 0.1) is 0 Å². The van der Waals surface area contributed by atoms with E-state index < -0.39 is 11.6 Å². The molecule has 1 fully saturated rings. The van der Waals surface area contributed by atoms with Crippen molar-refractivity contribution in [3.05, 3.63) is 28.8 Å². The van der Waals surface area contributed by atoms with Crippen LogP contribution in [0.3, 0.4) is 0 Å². The summed E-state index contributed by atoms with van der Waals surface area (Å²) in [7, 11) is 1.27. The molecule has 1 heterocycles. The first-order valence-electron chi connectivity index (χ1n) is 7.48. The van der Waals surface area contributed by atoms with Crippen molar-refractivity contribution >= 4 is 29.3 Å². The zero-order chi connectivity index (χ0) is 17.0. The van der Waals surface area contributed by atoms with Gasteiger partial charge in [-0.15, -0.1) is 0 Å². The van der Waals surface area contributed by atoms with Crippen molar-refractivity contribution in [1.29, 1.82) is 0 Å². The Balaban J connectivity index is 2.12. The molecule has 2 rings (SSSR count). The molecule has 0 aromatic heterocycles. The van der Waals surface area contributed by atoms with Gasteiger partial charge in [0.15, 0.2) is 0 Å². The van der Waals surface area contributed by atoms with Crippen molar-refractivity contribution in [2.24, 2.45) is 0 Å². The number of esters is 1. The summed E-state index contributed by atoms with van der Waals surface area (Å²) in [6.45, 7) is 2.80. The highest BCUT2D eigenvalue weighted by atomic mass is 35.5. The molecule has 1 aliphatic heterocycles. The molecule has 1 aliphatic rings. The molecule has 0 radical (unpaired) electrons. The zero-order valence-corrected chi connectivity index (χ0v) is 14.0. The Kier molecular flexibility index (Phi) is 5.49. The minimum atomic E-state index is -0.744. The fourth-order valence-corrected chi connectivity index (χ4v) is 2.74. The summed E-state index contributed by atoms with van der Waals surface area (Å²) >= 11 is 5.90. The smallest absolute Gasteiger partial charge is 0.340 e. The molecule has 2 amide bonds. The second kappa shape index (κ2) is 7.19. The van der Waals surface area contributed by atoms with Crippen LogP contribution < -0.4 is 5.32 Å². The molecule has 0 aliphatic carbocycles. The second-order valence-corrected chi connectivity index (χ2v) is 6.39. The van der Waals surface area contributed by atoms with E-state index in [1.165, 1.54) is 13.2 Å². The van der Waals surface area contributed by atoms with Crippen molar-refractivity contribution in [2.45, 2.75) is 31.8 Å². The van der Waals surface area contributed by atoms with Crippen molar-refractivity contribution in [2.75, 3.05) is 25.5 Å². The Morgan fingerprint density at radius 2 is 2.09 bits per heavy atom. The van der Waals surface area contributed by atoms with Crippen molar-refractivity contribution in [1.82, 2.24) is 4.90 Å². The maximum Gasteiger partial charge on any atom is 0.340 e. The number of ether oxygens (including phenoxy) is 1. The summed E-state index contributed by atoms with van der Waals surface area (Å²) in [4.78, 5) is 25.9. The fraction of sp³-hybridized carbons (Fsp3) is 0.500. The van der Waals surface area contributed by atoms with Crippen LogP contribution in [-0.4, -0.2) is 47.8 Å². The normalized spacial score (nSPS) is 21.5. The number of anilines is 1. The van der Waals surface area contributed by atoms with Crippen molar-refractivity contribution in [3.63, 3.8) is 0 Å². The van der Waals surface area contributed by atoms with E-state index in [4.69, 9.17) is 16.3 Å². The molecule has 0 spiro atoms. The maximum absolute atomic E-state index is 12.4. The topological polar surface area (TPSA) is 78.9 Å². The van der Waals surface area contributed by atoms with Gasteiger partial charge in [-0.3, -0.25) is 0 Å². The fourth-order valence-electron chi connectivity index (χ4n) is 2.57. The number of halogens is 1. The van der Waals surface area contributed by atoms with Gasteiger partial charge in [0.25, 0.3) is 0 Å². The lowest BCUT2D eigenvalue weighted by molar-refractivity contribution is 0.0458. The van der Waals surface area contributed by atoms with Gasteiger partial charge in [0.1, 0.15) is 0 Å². The largest absolute Gasteiger partial charge is 0.465 e. The molecule has 1 aromatic rings. The van der Waals surface area contributed by atoms with Crippen molar-refractivity contribution in [3.8, 4) is 0 Å². The van der Waals surface area contributed by atoms with E-state index in [9.17, 15) is 14.7 Å². The average molecular weight is 341 g/mol. The van der Waals surface area contributed by atoms with E-state index >= 15 is 0 Å². The molecule has 7 heteroatoms. The number of benzene rings is 1. The van der Waals surface area contributed by atoms with Gasteiger partial charge in [-0.05, 0) is 44.4 Å². The summed E-state index contributed by atoms with van der Waals surface area (Å²) in [5, 5.41) is 13.2. The minimum absolute atomic E-state index is 0.204. The second-order valence-electron chi connectivity index (χ2n) is 5.95. The van der Waals surface area contributed by atoms with Crippen LogP contribution in [0.5, 0.6) is 0 Å². The predicted molar refractivity (Wildman–Crippen MR) is 87.9 cm³/mol. The number of nitrogens with zero attached hydrogens (tertiary/aromatic N) is 1. The molecule has 1 saturated heterocycles. The molecular weight excluding hydrogens is 320 g/mol. The quantitative estimate of drug-likeness (QED) is 0.811. The lowest BCUT2D eigenvalue weighted by atomic mass is 9.98. The van der Waals surface area contributed by atoms with Gasteiger partial charge in [0.2, 0.25) is 0 Å². The Morgan fingerprint density at radius 1 is 1.35 bits per heavy atom. The van der Waals surface area contributed by atoms with Gasteiger partial charge in [-0.2, -0.15) is 0 Å². The third-order valence-corrected chi connectivity index (χ3v) is 4.21. The Hall–Kier alpha value is -1.79. The number of hydrogen-bond donors (Lipinski definition) is 2. The molecule has 126 valence electrons. The maximum atomic E-state index is 12.4. The number of carbonyl (C=O) groups is 2. The number of nitrogens with one attached hydrogen (secondary N) is 1. The van der Waals surface area contributed by atoms with Gasteiger partial charge < -0.3 is 20.1 Å². The molecule has 2 N–H and O–H groups in total. The van der Waals surface area contributed by atoms with E-state index in [1.807, 2.05) is 0 Å². The molecule has 23 heavy (non-hydrogen) atoms. The Labute approximate surface area is 140 Å². The Bertz CT molecular complexity index is 604. The number of carbonyl (C=O) groups excluding carboxylic acids is 2. The van der Waals surface area contributed by atoms with E-state index in [0.29, 0.717) is 36.6 Å². The molecule has 1 atom stereocenters. The molecule has 1 aromatic carbocycles. The highest BCUT2D eigenvalue weighted by Gasteiger charge is 2.27. The number of aliphatic hydroxyl groups is 1. The van der Waals surface area contributed by atoms with E-state index in [2.05, 4.69) is 5.32 Å². The van der Waals surface area contributed by atoms with Crippen LogP contribution in [0.2, 0.25) is 5.02 Å². The number of rotatable bonds is 2. The van der Waals surface area contributed by atoms with Crippen LogP contribution in [0.25, 0.3) is 0 Å². The standard InChI is InChI=1S/C16H21ClN2O4/c1-16(22)6-3-8-19(9-7-16)15(21)18-13-5-4-11(17)10-12(13)14(20)23-2/h4-5,10,22H,3,6-9H2,1-2H3,(H,18,21). The number of methoxy groups -OCH3 is 1. The first-order valence-corrected chi connectivity index (χ1v) is 7.86. The van der Waals surface area contributed by atoms with Gasteiger partial charge in [-0.1, -0.05) is 11.6 Å². The average Bonchev–Trinajstić information content (AvgIpc) is 2.69. The highest BCUT2D eigenvalue weighted by molar-refractivity contribution is 6.31. The number of urea groups is 1. The Morgan fingerprint density at radius 3 is 2.78 bits per heavy atom. The lowest BCUT2D eigenvalue weighted by Crippen LogP contribution is -2.37. The highest BCUT2D eigenvalue weighted by Crippen LogP contribution is 2.24. The molecule has 0 saturated carbocycles. The summed E-state index contributed by atoms with van der Waals surface area (Å²) in [5.74, 6) is -0.568. The van der Waals surface area contributed by atoms with Crippen LogP contribution in [0.15, 0.2) is 18.2 Å². The first-order chi connectivity index (χ1) is 10.8. The lowest BCUT2D eigenvalue weighted by Gasteiger charge is -2.23. The molecular formula is C16H21ClN2O4. The zero-order valence-electron chi connectivity index (χ0n) is 13.3. The summed E-state index contributed by atoms with van der Waals surface area (Å²) in [6, 6.07) is 4.31. The third kappa shape index (κ3) is 4.59. The third-order valence-electron chi connectivity index (χ3n) is 3.98. The van der Waals surface area contributed by atoms with Gasteiger partial charge in [-0.25, -0.2) is 9.59 Å². The van der Waals surface area contributed by atoms with Gasteiger partial charge >= 0.3 is 12.0 Å². The minimum Gasteiger partial charge on any atom is -0.465 e. The summed E-state index contributed by atoms with van der Waals surface area (Å²) in [5.41, 5.74) is -0.190. The van der Waals surface area contributed by atoms with Crippen LogP contribution in [0.1, 0.15) is 36.5 Å². The number of amides is 2. The molecule has 6 nitrogen and oxygen atoms in total. The SMILES string of the molecule is COC(=O)c1cc(Cl)ccc1NC(=O)N1CCCC(C)(O)CC1.